The van der Waals surface area contributed by atoms with Crippen LogP contribution in [0.25, 0.3) is 0 Å². The van der Waals surface area contributed by atoms with Crippen LogP contribution >= 0.6 is 0 Å². The van der Waals surface area contributed by atoms with E-state index >= 15 is 0 Å². The lowest BCUT2D eigenvalue weighted by molar-refractivity contribution is 0.446. The van der Waals surface area contributed by atoms with Crippen LogP contribution in [0.1, 0.15) is 31.7 Å². The number of hydrogen-bond donors (Lipinski definition) is 0. The van der Waals surface area contributed by atoms with Gasteiger partial charge in [0, 0.05) is 12.0 Å². The van der Waals surface area contributed by atoms with Gasteiger partial charge < -0.3 is 0 Å². The predicted molar refractivity (Wildman–Crippen MR) is 52.7 cm³/mol. The summed E-state index contributed by atoms with van der Waals surface area (Å²) in [5, 5.41) is 0. The Kier molecular flexibility index (Phi) is 4.23. The van der Waals surface area contributed by atoms with Crippen molar-refractivity contribution in [3.05, 3.63) is 35.1 Å². The second-order valence-electron chi connectivity index (χ2n) is 3.16. The molecule has 80 valence electrons. The zero-order chi connectivity index (χ0) is 11.3. The Morgan fingerprint density at radius 3 is 2.27 bits per heavy atom. The molecule has 0 unspecified atom stereocenters. The minimum atomic E-state index is -1.45. The molecule has 0 aliphatic rings. The number of benzene rings is 1. The topological polar surface area (TPSA) is 0 Å². The highest BCUT2D eigenvalue weighted by molar-refractivity contribution is 5.35. The zero-order valence-electron chi connectivity index (χ0n) is 8.41. The summed E-state index contributed by atoms with van der Waals surface area (Å²) in [5.74, 6) is 1.51. The number of hydrogen-bond acceptors (Lipinski definition) is 0. The largest absolute Gasteiger partial charge is 0.204 e. The summed E-state index contributed by atoms with van der Waals surface area (Å²) in [7, 11) is 0. The SMILES string of the molecule is CCCCC#Cc1cc(F)c(F)c(F)c1. The van der Waals surface area contributed by atoms with E-state index in [1.807, 2.05) is 6.92 Å². The van der Waals surface area contributed by atoms with Gasteiger partial charge in [-0.05, 0) is 18.6 Å². The lowest BCUT2D eigenvalue weighted by Crippen LogP contribution is -1.91. The molecule has 1 aromatic carbocycles. The van der Waals surface area contributed by atoms with Crippen LogP contribution in [0.2, 0.25) is 0 Å². The van der Waals surface area contributed by atoms with Crippen molar-refractivity contribution in [1.29, 1.82) is 0 Å². The number of halogens is 3. The Balaban J connectivity index is 2.81. The lowest BCUT2D eigenvalue weighted by atomic mass is 10.2. The molecule has 15 heavy (non-hydrogen) atoms. The predicted octanol–water partition coefficient (Wildman–Crippen LogP) is 3.65. The third-order valence-corrected chi connectivity index (χ3v) is 1.87. The maximum Gasteiger partial charge on any atom is 0.194 e. The van der Waals surface area contributed by atoms with Crippen LogP contribution in [-0.4, -0.2) is 0 Å². The van der Waals surface area contributed by atoms with Gasteiger partial charge in [0.15, 0.2) is 17.5 Å². The van der Waals surface area contributed by atoms with Crippen molar-refractivity contribution in [3.63, 3.8) is 0 Å². The quantitative estimate of drug-likeness (QED) is 0.399. The van der Waals surface area contributed by atoms with Gasteiger partial charge >= 0.3 is 0 Å². The summed E-state index contributed by atoms with van der Waals surface area (Å²) in [5.41, 5.74) is 0.169. The first-order chi connectivity index (χ1) is 7.15. The van der Waals surface area contributed by atoms with Crippen molar-refractivity contribution in [2.45, 2.75) is 26.2 Å². The van der Waals surface area contributed by atoms with E-state index in [-0.39, 0.29) is 5.56 Å². The molecule has 1 aromatic rings. The van der Waals surface area contributed by atoms with E-state index in [9.17, 15) is 13.2 Å². The van der Waals surface area contributed by atoms with Gasteiger partial charge in [0.25, 0.3) is 0 Å². The lowest BCUT2D eigenvalue weighted by Gasteiger charge is -1.95. The monoisotopic (exact) mass is 212 g/mol. The second-order valence-corrected chi connectivity index (χ2v) is 3.16. The van der Waals surface area contributed by atoms with E-state index in [0.717, 1.165) is 25.0 Å². The molecule has 0 aliphatic heterocycles. The first-order valence-corrected chi connectivity index (χ1v) is 4.78. The van der Waals surface area contributed by atoms with Crippen LogP contribution in [0.5, 0.6) is 0 Å². The van der Waals surface area contributed by atoms with Crippen LogP contribution in [0, 0.1) is 29.3 Å². The molecule has 1 rings (SSSR count). The Morgan fingerprint density at radius 2 is 1.73 bits per heavy atom. The smallest absolute Gasteiger partial charge is 0.194 e. The van der Waals surface area contributed by atoms with Crippen molar-refractivity contribution in [2.24, 2.45) is 0 Å². The van der Waals surface area contributed by atoms with Crippen molar-refractivity contribution in [3.8, 4) is 11.8 Å². The van der Waals surface area contributed by atoms with E-state index in [4.69, 9.17) is 0 Å². The van der Waals surface area contributed by atoms with Gasteiger partial charge in [-0.15, -0.1) is 0 Å². The zero-order valence-corrected chi connectivity index (χ0v) is 8.41. The average molecular weight is 212 g/mol. The molecule has 0 spiro atoms. The van der Waals surface area contributed by atoms with Gasteiger partial charge in [0.2, 0.25) is 0 Å². The fraction of sp³-hybridized carbons (Fsp3) is 0.333. The molecule has 0 fully saturated rings. The van der Waals surface area contributed by atoms with Crippen molar-refractivity contribution >= 4 is 0 Å². The maximum atomic E-state index is 12.7. The van der Waals surface area contributed by atoms with Gasteiger partial charge in [0.1, 0.15) is 0 Å². The van der Waals surface area contributed by atoms with Gasteiger partial charge in [-0.3, -0.25) is 0 Å². The maximum absolute atomic E-state index is 12.7. The Morgan fingerprint density at radius 1 is 1.13 bits per heavy atom. The molecule has 0 heterocycles. The molecule has 0 aliphatic carbocycles. The van der Waals surface area contributed by atoms with Gasteiger partial charge in [-0.25, -0.2) is 13.2 Å². The summed E-state index contributed by atoms with van der Waals surface area (Å²) in [6, 6.07) is 1.80. The normalized spacial score (nSPS) is 9.60. The molecule has 3 heteroatoms. The first-order valence-electron chi connectivity index (χ1n) is 4.78. The standard InChI is InChI=1S/C12H11F3/c1-2-3-4-5-6-9-7-10(13)12(15)11(14)8-9/h7-8H,2-4H2,1H3. The third-order valence-electron chi connectivity index (χ3n) is 1.87. The Bertz CT molecular complexity index is 376. The van der Waals surface area contributed by atoms with E-state index in [0.29, 0.717) is 6.42 Å². The van der Waals surface area contributed by atoms with E-state index in [2.05, 4.69) is 11.8 Å². The van der Waals surface area contributed by atoms with E-state index < -0.39 is 17.5 Å². The fourth-order valence-electron chi connectivity index (χ4n) is 1.06. The van der Waals surface area contributed by atoms with Gasteiger partial charge in [-0.1, -0.05) is 25.2 Å². The van der Waals surface area contributed by atoms with Crippen LogP contribution in [-0.2, 0) is 0 Å². The van der Waals surface area contributed by atoms with Crippen LogP contribution in [0.15, 0.2) is 12.1 Å². The molecule has 0 aromatic heterocycles. The van der Waals surface area contributed by atoms with E-state index in [1.165, 1.54) is 0 Å². The van der Waals surface area contributed by atoms with Crippen LogP contribution in [0.3, 0.4) is 0 Å². The molecule has 0 saturated carbocycles. The van der Waals surface area contributed by atoms with Crippen molar-refractivity contribution in [1.82, 2.24) is 0 Å². The Labute approximate surface area is 87.1 Å². The highest BCUT2D eigenvalue weighted by atomic mass is 19.2. The summed E-state index contributed by atoms with van der Waals surface area (Å²) < 4.78 is 38.0. The molecular weight excluding hydrogens is 201 g/mol. The molecule has 0 amide bonds. The molecule has 0 radical (unpaired) electrons. The van der Waals surface area contributed by atoms with Crippen molar-refractivity contribution < 1.29 is 13.2 Å². The number of unbranched alkanes of at least 4 members (excludes halogenated alkanes) is 2. The minimum absolute atomic E-state index is 0.169. The minimum Gasteiger partial charge on any atom is -0.204 e. The third kappa shape index (κ3) is 3.32. The van der Waals surface area contributed by atoms with Crippen LogP contribution < -0.4 is 0 Å². The molecule has 0 N–H and O–H groups in total. The van der Waals surface area contributed by atoms with Crippen LogP contribution in [0.4, 0.5) is 13.2 Å². The molecule has 0 saturated heterocycles. The second kappa shape index (κ2) is 5.45. The summed E-state index contributed by atoms with van der Waals surface area (Å²) in [4.78, 5) is 0. The number of rotatable bonds is 2. The summed E-state index contributed by atoms with van der Waals surface area (Å²) >= 11 is 0. The summed E-state index contributed by atoms with van der Waals surface area (Å²) in [6.07, 6.45) is 2.64. The Hall–Kier alpha value is -1.43. The fourth-order valence-corrected chi connectivity index (χ4v) is 1.06. The summed E-state index contributed by atoms with van der Waals surface area (Å²) in [6.45, 7) is 2.03. The highest BCUT2D eigenvalue weighted by Crippen LogP contribution is 2.12. The van der Waals surface area contributed by atoms with Gasteiger partial charge in [-0.2, -0.15) is 0 Å². The average Bonchev–Trinajstić information content (AvgIpc) is 2.21. The van der Waals surface area contributed by atoms with E-state index in [1.54, 1.807) is 0 Å². The molecular formula is C12H11F3. The first kappa shape index (κ1) is 11.6. The molecule has 0 atom stereocenters. The van der Waals surface area contributed by atoms with Gasteiger partial charge in [0.05, 0.1) is 0 Å². The molecule has 0 bridgehead atoms. The highest BCUT2D eigenvalue weighted by Gasteiger charge is 2.08. The van der Waals surface area contributed by atoms with Crippen molar-refractivity contribution in [2.75, 3.05) is 0 Å². The molecule has 0 nitrogen and oxygen atoms in total.